The summed E-state index contributed by atoms with van der Waals surface area (Å²) in [6.07, 6.45) is 1.27. The molecule has 4 heteroatoms. The van der Waals surface area contributed by atoms with Gasteiger partial charge in [-0.2, -0.15) is 0 Å². The van der Waals surface area contributed by atoms with E-state index in [1.54, 1.807) is 6.07 Å². The lowest BCUT2D eigenvalue weighted by molar-refractivity contribution is 0.627. The Morgan fingerprint density at radius 2 is 2.24 bits per heavy atom. The van der Waals surface area contributed by atoms with Crippen molar-refractivity contribution in [1.82, 2.24) is 0 Å². The van der Waals surface area contributed by atoms with E-state index in [0.717, 1.165) is 24.1 Å². The van der Waals surface area contributed by atoms with Crippen LogP contribution in [0.3, 0.4) is 0 Å². The highest BCUT2D eigenvalue weighted by Crippen LogP contribution is 2.39. The van der Waals surface area contributed by atoms with Crippen LogP contribution in [0.2, 0.25) is 0 Å². The first kappa shape index (κ1) is 12.3. The molecule has 0 aliphatic heterocycles. The molecule has 0 spiro atoms. The van der Waals surface area contributed by atoms with Crippen molar-refractivity contribution in [2.45, 2.75) is 13.3 Å². The van der Waals surface area contributed by atoms with Gasteiger partial charge >= 0.3 is 0 Å². The van der Waals surface area contributed by atoms with Gasteiger partial charge in [0.1, 0.15) is 10.8 Å². The Morgan fingerprint density at radius 1 is 1.59 bits per heavy atom. The van der Waals surface area contributed by atoms with E-state index in [1.165, 1.54) is 18.6 Å². The van der Waals surface area contributed by atoms with Gasteiger partial charge in [0, 0.05) is 24.8 Å². The molecule has 0 bridgehead atoms. The highest BCUT2D eigenvalue weighted by atomic mass is 32.1. The van der Waals surface area contributed by atoms with Crippen LogP contribution in [0.15, 0.2) is 18.2 Å². The zero-order valence-electron chi connectivity index (χ0n) is 10.1. The van der Waals surface area contributed by atoms with Crippen LogP contribution in [0.25, 0.3) is 0 Å². The van der Waals surface area contributed by atoms with Crippen LogP contribution in [-0.2, 0) is 0 Å². The van der Waals surface area contributed by atoms with E-state index in [0.29, 0.717) is 5.56 Å². The van der Waals surface area contributed by atoms with Gasteiger partial charge in [-0.1, -0.05) is 19.1 Å². The maximum Gasteiger partial charge on any atom is 0.124 e. The topological polar surface area (TPSA) is 29.3 Å². The Kier molecular flexibility index (Phi) is 3.33. The monoisotopic (exact) mass is 252 g/mol. The highest BCUT2D eigenvalue weighted by Gasteiger charge is 2.33. The minimum absolute atomic E-state index is 0.246. The van der Waals surface area contributed by atoms with Crippen LogP contribution in [0.1, 0.15) is 18.9 Å². The lowest BCUT2D eigenvalue weighted by Gasteiger charge is -2.22. The summed E-state index contributed by atoms with van der Waals surface area (Å²) in [6, 6.07) is 4.60. The first-order valence-corrected chi connectivity index (χ1v) is 6.20. The van der Waals surface area contributed by atoms with Crippen molar-refractivity contribution in [3.63, 3.8) is 0 Å². The van der Waals surface area contributed by atoms with E-state index in [-0.39, 0.29) is 10.8 Å². The van der Waals surface area contributed by atoms with Gasteiger partial charge in [-0.15, -0.1) is 0 Å². The fraction of sp³-hybridized carbons (Fsp3) is 0.462. The molecule has 2 nitrogen and oxygen atoms in total. The van der Waals surface area contributed by atoms with Gasteiger partial charge in [0.25, 0.3) is 0 Å². The number of hydrogen-bond acceptors (Lipinski definition) is 2. The zero-order valence-corrected chi connectivity index (χ0v) is 10.9. The molecular weight excluding hydrogens is 235 g/mol. The third kappa shape index (κ3) is 2.75. The smallest absolute Gasteiger partial charge is 0.124 e. The van der Waals surface area contributed by atoms with Crippen molar-refractivity contribution in [2.24, 2.45) is 17.6 Å². The van der Waals surface area contributed by atoms with Crippen molar-refractivity contribution >= 4 is 22.9 Å². The van der Waals surface area contributed by atoms with Crippen LogP contribution in [0, 0.1) is 17.7 Å². The zero-order chi connectivity index (χ0) is 12.6. The summed E-state index contributed by atoms with van der Waals surface area (Å²) in [4.78, 5) is 2.36. The molecule has 0 amide bonds. The first-order valence-electron chi connectivity index (χ1n) is 5.79. The van der Waals surface area contributed by atoms with Gasteiger partial charge in [0.2, 0.25) is 0 Å². The maximum absolute atomic E-state index is 13.2. The SMILES string of the molecule is CC1CC1CN(C)c1ccc(F)cc1C(N)=S. The molecule has 1 aromatic rings. The van der Waals surface area contributed by atoms with Crippen molar-refractivity contribution in [3.8, 4) is 0 Å². The molecule has 0 radical (unpaired) electrons. The van der Waals surface area contributed by atoms with E-state index in [1.807, 2.05) is 7.05 Å². The molecular formula is C13H17FN2S. The molecule has 0 saturated heterocycles. The quantitative estimate of drug-likeness (QED) is 0.835. The second-order valence-electron chi connectivity index (χ2n) is 4.88. The molecule has 2 unspecified atom stereocenters. The Bertz CT molecular complexity index is 447. The average molecular weight is 252 g/mol. The maximum atomic E-state index is 13.2. The normalized spacial score (nSPS) is 22.3. The van der Waals surface area contributed by atoms with E-state index in [9.17, 15) is 4.39 Å². The Hall–Kier alpha value is -1.16. The third-order valence-electron chi connectivity index (χ3n) is 3.42. The van der Waals surface area contributed by atoms with Gasteiger partial charge < -0.3 is 10.6 Å². The number of nitrogens with zero attached hydrogens (tertiary/aromatic N) is 1. The summed E-state index contributed by atoms with van der Waals surface area (Å²) in [5.41, 5.74) is 7.17. The Labute approximate surface area is 107 Å². The van der Waals surface area contributed by atoms with Crippen LogP contribution in [0.4, 0.5) is 10.1 Å². The lowest BCUT2D eigenvalue weighted by atomic mass is 10.1. The Balaban J connectivity index is 2.21. The molecule has 17 heavy (non-hydrogen) atoms. The Morgan fingerprint density at radius 3 is 2.76 bits per heavy atom. The summed E-state index contributed by atoms with van der Waals surface area (Å²) in [7, 11) is 2.00. The van der Waals surface area contributed by atoms with Crippen molar-refractivity contribution in [2.75, 3.05) is 18.5 Å². The highest BCUT2D eigenvalue weighted by molar-refractivity contribution is 7.80. The van der Waals surface area contributed by atoms with Gasteiger partial charge in [-0.05, 0) is 36.5 Å². The van der Waals surface area contributed by atoms with Gasteiger partial charge in [-0.25, -0.2) is 4.39 Å². The van der Waals surface area contributed by atoms with Gasteiger partial charge in [0.05, 0.1) is 0 Å². The fourth-order valence-electron chi connectivity index (χ4n) is 2.14. The van der Waals surface area contributed by atoms with Gasteiger partial charge in [-0.3, -0.25) is 0 Å². The summed E-state index contributed by atoms with van der Waals surface area (Å²) in [5.74, 6) is 1.24. The molecule has 1 aromatic carbocycles. The molecule has 2 N–H and O–H groups in total. The molecule has 1 aliphatic rings. The molecule has 1 saturated carbocycles. The molecule has 1 fully saturated rings. The molecule has 2 rings (SSSR count). The van der Waals surface area contributed by atoms with Crippen molar-refractivity contribution in [3.05, 3.63) is 29.6 Å². The number of thiocarbonyl (C=S) groups is 1. The fourth-order valence-corrected chi connectivity index (χ4v) is 2.31. The van der Waals surface area contributed by atoms with Crippen molar-refractivity contribution in [1.29, 1.82) is 0 Å². The number of nitrogens with two attached hydrogens (primary N) is 1. The standard InChI is InChI=1S/C13H17FN2S/c1-8-5-9(8)7-16(2)12-4-3-10(14)6-11(12)13(15)17/h3-4,6,8-9H,5,7H2,1-2H3,(H2,15,17). The minimum Gasteiger partial charge on any atom is -0.389 e. The molecule has 0 heterocycles. The van der Waals surface area contributed by atoms with Crippen molar-refractivity contribution < 1.29 is 4.39 Å². The first-order chi connectivity index (χ1) is 7.99. The van der Waals surface area contributed by atoms with Crippen LogP contribution < -0.4 is 10.6 Å². The summed E-state index contributed by atoms with van der Waals surface area (Å²) in [6.45, 7) is 3.22. The molecule has 1 aliphatic carbocycles. The summed E-state index contributed by atoms with van der Waals surface area (Å²) < 4.78 is 13.2. The minimum atomic E-state index is -0.301. The number of benzene rings is 1. The largest absolute Gasteiger partial charge is 0.389 e. The van der Waals surface area contributed by atoms with Gasteiger partial charge in [0.15, 0.2) is 0 Å². The van der Waals surface area contributed by atoms with E-state index >= 15 is 0 Å². The second kappa shape index (κ2) is 4.61. The third-order valence-corrected chi connectivity index (χ3v) is 3.64. The van der Waals surface area contributed by atoms with E-state index < -0.39 is 0 Å². The number of rotatable bonds is 4. The summed E-state index contributed by atoms with van der Waals surface area (Å²) in [5, 5.41) is 0. The average Bonchev–Trinajstić information content (AvgIpc) is 2.93. The van der Waals surface area contributed by atoms with Crippen LogP contribution >= 0.6 is 12.2 Å². The lowest BCUT2D eigenvalue weighted by Crippen LogP contribution is -2.24. The molecule has 2 atom stereocenters. The number of halogens is 1. The molecule has 92 valence electrons. The van der Waals surface area contributed by atoms with Crippen LogP contribution in [0.5, 0.6) is 0 Å². The van der Waals surface area contributed by atoms with E-state index in [2.05, 4.69) is 11.8 Å². The number of hydrogen-bond donors (Lipinski definition) is 1. The number of anilines is 1. The second-order valence-corrected chi connectivity index (χ2v) is 5.32. The van der Waals surface area contributed by atoms with E-state index in [4.69, 9.17) is 18.0 Å². The predicted molar refractivity (Wildman–Crippen MR) is 72.8 cm³/mol. The van der Waals surface area contributed by atoms with Crippen LogP contribution in [-0.4, -0.2) is 18.6 Å². The predicted octanol–water partition coefficient (Wildman–Crippen LogP) is 2.55. The molecule has 0 aromatic heterocycles. The summed E-state index contributed by atoms with van der Waals surface area (Å²) >= 11 is 4.97.